The first-order chi connectivity index (χ1) is 9.99. The SMILES string of the molecule is CC(C)(OP=S)P1(=O)Oc2ccccc2-c2ccccc21. The van der Waals surface area contributed by atoms with Crippen molar-refractivity contribution in [1.29, 1.82) is 0 Å². The molecule has 1 heterocycles. The van der Waals surface area contributed by atoms with Crippen molar-refractivity contribution >= 4 is 32.1 Å². The van der Waals surface area contributed by atoms with Crippen LogP contribution in [0, 0.1) is 0 Å². The Labute approximate surface area is 130 Å². The van der Waals surface area contributed by atoms with Gasteiger partial charge >= 0.3 is 7.37 Å². The highest BCUT2D eigenvalue weighted by Crippen LogP contribution is 2.63. The third-order valence-electron chi connectivity index (χ3n) is 3.59. The Morgan fingerprint density at radius 1 is 1.10 bits per heavy atom. The summed E-state index contributed by atoms with van der Waals surface area (Å²) in [6.07, 6.45) is 0. The van der Waals surface area contributed by atoms with Crippen LogP contribution < -0.4 is 9.83 Å². The van der Waals surface area contributed by atoms with E-state index < -0.39 is 12.7 Å². The molecule has 0 amide bonds. The van der Waals surface area contributed by atoms with Gasteiger partial charge in [0.2, 0.25) is 0 Å². The third kappa shape index (κ3) is 2.27. The molecule has 0 aromatic heterocycles. The van der Waals surface area contributed by atoms with E-state index in [0.717, 1.165) is 11.1 Å². The number of rotatable bonds is 3. The van der Waals surface area contributed by atoms with E-state index in [0.29, 0.717) is 18.6 Å². The van der Waals surface area contributed by atoms with Crippen LogP contribution in [0.15, 0.2) is 48.5 Å². The van der Waals surface area contributed by atoms with Crippen LogP contribution in [0.5, 0.6) is 5.75 Å². The maximum Gasteiger partial charge on any atom is 0.309 e. The molecule has 1 aliphatic rings. The first-order valence-electron chi connectivity index (χ1n) is 6.49. The molecule has 6 heteroatoms. The fourth-order valence-electron chi connectivity index (χ4n) is 2.46. The molecule has 0 fully saturated rings. The van der Waals surface area contributed by atoms with Crippen LogP contribution in [0.4, 0.5) is 0 Å². The minimum Gasteiger partial charge on any atom is -0.437 e. The number of benzene rings is 2. The van der Waals surface area contributed by atoms with Crippen molar-refractivity contribution in [2.24, 2.45) is 0 Å². The molecule has 1 unspecified atom stereocenters. The molecule has 2 aromatic carbocycles. The van der Waals surface area contributed by atoms with Gasteiger partial charge in [-0.05, 0) is 43.4 Å². The standard InChI is InChI=1S/C15H14O3P2S/c1-15(2,18-19-21)20(16)14-10-6-4-8-12(14)11-7-3-5-9-13(11)17-20/h3-10H,1-2H3. The van der Waals surface area contributed by atoms with Crippen LogP contribution in [-0.4, -0.2) is 5.34 Å². The molecular formula is C15H14O3P2S. The normalized spacial score (nSPS) is 20.5. The predicted molar refractivity (Wildman–Crippen MR) is 89.2 cm³/mol. The molecule has 3 nitrogen and oxygen atoms in total. The van der Waals surface area contributed by atoms with Gasteiger partial charge in [-0.2, -0.15) is 0 Å². The van der Waals surface area contributed by atoms with E-state index in [1.54, 1.807) is 13.8 Å². The fraction of sp³-hybridized carbons (Fsp3) is 0.200. The molecule has 0 aliphatic carbocycles. The van der Waals surface area contributed by atoms with Gasteiger partial charge in [-0.25, -0.2) is 0 Å². The zero-order valence-corrected chi connectivity index (χ0v) is 14.3. The van der Waals surface area contributed by atoms with Gasteiger partial charge in [0, 0.05) is 5.56 Å². The van der Waals surface area contributed by atoms with Crippen molar-refractivity contribution in [2.75, 3.05) is 0 Å². The Kier molecular flexibility index (Phi) is 3.75. The molecule has 0 radical (unpaired) electrons. The van der Waals surface area contributed by atoms with Crippen molar-refractivity contribution in [3.63, 3.8) is 0 Å². The maximum atomic E-state index is 13.6. The maximum absolute atomic E-state index is 13.6. The lowest BCUT2D eigenvalue weighted by Crippen LogP contribution is -2.33. The van der Waals surface area contributed by atoms with Crippen molar-refractivity contribution in [2.45, 2.75) is 19.2 Å². The Bertz CT molecular complexity index is 758. The summed E-state index contributed by atoms with van der Waals surface area (Å²) in [7, 11) is -2.94. The van der Waals surface area contributed by atoms with E-state index in [9.17, 15) is 4.57 Å². The average molecular weight is 336 g/mol. The lowest BCUT2D eigenvalue weighted by atomic mass is 10.0. The highest BCUT2D eigenvalue weighted by Gasteiger charge is 2.49. The fourth-order valence-corrected chi connectivity index (χ4v) is 6.05. The Morgan fingerprint density at radius 3 is 2.43 bits per heavy atom. The minimum absolute atomic E-state index is 0.312. The summed E-state index contributed by atoms with van der Waals surface area (Å²) >= 11 is 4.87. The summed E-state index contributed by atoms with van der Waals surface area (Å²) in [5.74, 6) is 0.622. The van der Waals surface area contributed by atoms with Gasteiger partial charge in [-0.3, -0.25) is 9.09 Å². The zero-order chi connectivity index (χ0) is 15.1. The largest absolute Gasteiger partial charge is 0.437 e. The molecule has 0 bridgehead atoms. The number of hydrogen-bond donors (Lipinski definition) is 0. The van der Waals surface area contributed by atoms with E-state index in [4.69, 9.17) is 20.9 Å². The number of fused-ring (bicyclic) bond motifs is 3. The molecule has 2 aromatic rings. The summed E-state index contributed by atoms with van der Waals surface area (Å²) in [6.45, 7) is 3.52. The molecular weight excluding hydrogens is 322 g/mol. The Morgan fingerprint density at radius 2 is 1.71 bits per heavy atom. The molecule has 0 saturated heterocycles. The quantitative estimate of drug-likeness (QED) is 0.760. The molecule has 1 atom stereocenters. The van der Waals surface area contributed by atoms with E-state index >= 15 is 0 Å². The van der Waals surface area contributed by atoms with Crippen LogP contribution >= 0.6 is 15.0 Å². The highest BCUT2D eigenvalue weighted by molar-refractivity contribution is 7.94. The van der Waals surface area contributed by atoms with Crippen molar-refractivity contribution < 1.29 is 13.6 Å². The summed E-state index contributed by atoms with van der Waals surface area (Å²) in [5.41, 5.74) is 1.88. The van der Waals surface area contributed by atoms with Crippen LogP contribution in [0.25, 0.3) is 11.1 Å². The predicted octanol–water partition coefficient (Wildman–Crippen LogP) is 4.73. The second-order valence-electron chi connectivity index (χ2n) is 5.27. The van der Waals surface area contributed by atoms with E-state index in [2.05, 4.69) is 0 Å². The number of hydrogen-bond acceptors (Lipinski definition) is 4. The van der Waals surface area contributed by atoms with Gasteiger partial charge in [-0.1, -0.05) is 36.4 Å². The summed E-state index contributed by atoms with van der Waals surface area (Å²) in [5, 5.41) is -0.299. The van der Waals surface area contributed by atoms with E-state index in [1.165, 1.54) is 0 Å². The average Bonchev–Trinajstić information content (AvgIpc) is 2.47. The van der Waals surface area contributed by atoms with Crippen LogP contribution in [0.1, 0.15) is 13.8 Å². The van der Waals surface area contributed by atoms with Gasteiger partial charge in [-0.15, -0.1) is 0 Å². The summed E-state index contributed by atoms with van der Waals surface area (Å²) in [6, 6.07) is 15.2. The van der Waals surface area contributed by atoms with Gasteiger partial charge in [0.1, 0.15) is 13.3 Å². The van der Waals surface area contributed by atoms with Crippen LogP contribution in [0.3, 0.4) is 0 Å². The lowest BCUT2D eigenvalue weighted by molar-refractivity contribution is 0.213. The lowest BCUT2D eigenvalue weighted by Gasteiger charge is -2.36. The van der Waals surface area contributed by atoms with Crippen LogP contribution in [-0.2, 0) is 20.9 Å². The monoisotopic (exact) mass is 336 g/mol. The molecule has 0 spiro atoms. The van der Waals surface area contributed by atoms with E-state index in [-0.39, 0.29) is 0 Å². The Hall–Kier alpha value is -1.05. The zero-order valence-electron chi connectivity index (χ0n) is 11.6. The summed E-state index contributed by atoms with van der Waals surface area (Å²) < 4.78 is 25.1. The molecule has 0 N–H and O–H groups in total. The third-order valence-corrected chi connectivity index (χ3v) is 7.48. The number of para-hydroxylation sites is 1. The second kappa shape index (κ2) is 5.30. The minimum atomic E-state index is -3.25. The molecule has 108 valence electrons. The van der Waals surface area contributed by atoms with Crippen molar-refractivity contribution in [1.82, 2.24) is 0 Å². The second-order valence-corrected chi connectivity index (χ2v) is 8.89. The van der Waals surface area contributed by atoms with Gasteiger partial charge in [0.05, 0.1) is 5.30 Å². The Balaban J connectivity index is 2.28. The van der Waals surface area contributed by atoms with Gasteiger partial charge in [0.25, 0.3) is 0 Å². The highest BCUT2D eigenvalue weighted by atomic mass is 32.4. The van der Waals surface area contributed by atoms with Crippen molar-refractivity contribution in [3.8, 4) is 16.9 Å². The molecule has 1 aliphatic heterocycles. The van der Waals surface area contributed by atoms with Crippen molar-refractivity contribution in [3.05, 3.63) is 48.5 Å². The van der Waals surface area contributed by atoms with Crippen LogP contribution in [0.2, 0.25) is 0 Å². The summed E-state index contributed by atoms with van der Waals surface area (Å²) in [4.78, 5) is 0. The van der Waals surface area contributed by atoms with Gasteiger partial charge < -0.3 is 4.52 Å². The molecule has 3 rings (SSSR count). The topological polar surface area (TPSA) is 35.5 Å². The van der Waals surface area contributed by atoms with E-state index in [1.807, 2.05) is 48.5 Å². The van der Waals surface area contributed by atoms with Gasteiger partial charge in [0.15, 0.2) is 5.34 Å². The molecule has 0 saturated carbocycles. The smallest absolute Gasteiger partial charge is 0.309 e. The first-order valence-corrected chi connectivity index (χ1v) is 9.94. The molecule has 21 heavy (non-hydrogen) atoms. The first kappa shape index (κ1) is 14.9.